The monoisotopic (exact) mass is 560 g/mol. The van der Waals surface area contributed by atoms with Crippen LogP contribution in [0.2, 0.25) is 0 Å². The van der Waals surface area contributed by atoms with Gasteiger partial charge in [-0.25, -0.2) is 9.18 Å². The first kappa shape index (κ1) is 24.8. The van der Waals surface area contributed by atoms with Gasteiger partial charge in [0, 0.05) is 42.0 Å². The zero-order chi connectivity index (χ0) is 25.9. The first-order valence-corrected chi connectivity index (χ1v) is 12.8. The van der Waals surface area contributed by atoms with Gasteiger partial charge in [0.15, 0.2) is 0 Å². The van der Waals surface area contributed by atoms with Gasteiger partial charge in [0.05, 0.1) is 16.9 Å². The van der Waals surface area contributed by atoms with Gasteiger partial charge < -0.3 is 19.7 Å². The summed E-state index contributed by atoms with van der Waals surface area (Å²) < 4.78 is 16.5. The topological polar surface area (TPSA) is 57.6 Å². The smallest absolute Gasteiger partial charge is 0.321 e. The molecule has 1 saturated heterocycles. The summed E-state index contributed by atoms with van der Waals surface area (Å²) in [5.41, 5.74) is 4.67. The van der Waals surface area contributed by atoms with E-state index in [2.05, 4.69) is 21.2 Å². The molecule has 0 unspecified atom stereocenters. The molecule has 6 nitrogen and oxygen atoms in total. The van der Waals surface area contributed by atoms with Gasteiger partial charge in [-0.3, -0.25) is 4.79 Å². The summed E-state index contributed by atoms with van der Waals surface area (Å²) in [5.74, 6) is -0.391. The molecule has 5 rings (SSSR count). The number of nitrogens with one attached hydrogen (secondary N) is 1. The van der Waals surface area contributed by atoms with Crippen LogP contribution in [0.15, 0.2) is 89.4 Å². The molecule has 1 fully saturated rings. The van der Waals surface area contributed by atoms with Crippen molar-refractivity contribution in [1.82, 2.24) is 14.4 Å². The molecule has 8 heteroatoms. The third-order valence-electron chi connectivity index (χ3n) is 6.60. The van der Waals surface area contributed by atoms with Crippen LogP contribution in [0.3, 0.4) is 0 Å². The maximum atomic E-state index is 13.6. The van der Waals surface area contributed by atoms with Crippen LogP contribution in [0.5, 0.6) is 0 Å². The predicted octanol–water partition coefficient (Wildman–Crippen LogP) is 6.34. The Balaban J connectivity index is 1.36. The van der Waals surface area contributed by atoms with Crippen molar-refractivity contribution in [3.63, 3.8) is 0 Å². The molecule has 1 aliphatic rings. The molecule has 1 aliphatic heterocycles. The molecule has 2 heterocycles. The van der Waals surface area contributed by atoms with Gasteiger partial charge >= 0.3 is 6.03 Å². The molecular formula is C29H26BrFN4O2. The van der Waals surface area contributed by atoms with E-state index >= 15 is 0 Å². The molecule has 3 amide bonds. The summed E-state index contributed by atoms with van der Waals surface area (Å²) in [7, 11) is 0. The van der Waals surface area contributed by atoms with Gasteiger partial charge in [0.1, 0.15) is 5.82 Å². The fourth-order valence-corrected chi connectivity index (χ4v) is 4.99. The molecule has 0 spiro atoms. The van der Waals surface area contributed by atoms with Crippen molar-refractivity contribution in [2.24, 2.45) is 0 Å². The molecule has 37 heavy (non-hydrogen) atoms. The SMILES string of the molecule is Cc1c(C(=O)N2CCN(C(=O)Nc3ccccc3Br)CC2)cc(-c2ccc(F)cc2)n1-c1ccccc1. The lowest BCUT2D eigenvalue weighted by molar-refractivity contribution is 0.0671. The first-order valence-electron chi connectivity index (χ1n) is 12.1. The second kappa shape index (κ2) is 10.6. The highest BCUT2D eigenvalue weighted by Crippen LogP contribution is 2.31. The summed E-state index contributed by atoms with van der Waals surface area (Å²) in [6, 6.07) is 25.2. The molecule has 0 aliphatic carbocycles. The number of hydrogen-bond donors (Lipinski definition) is 1. The number of carbonyl (C=O) groups is 2. The minimum atomic E-state index is -0.309. The number of benzene rings is 3. The Kier molecular flexibility index (Phi) is 7.10. The van der Waals surface area contributed by atoms with Crippen molar-refractivity contribution in [2.75, 3.05) is 31.5 Å². The van der Waals surface area contributed by atoms with Crippen molar-refractivity contribution in [3.05, 3.63) is 106 Å². The maximum Gasteiger partial charge on any atom is 0.321 e. The molecule has 0 atom stereocenters. The number of piperazine rings is 1. The van der Waals surface area contributed by atoms with Crippen LogP contribution in [-0.4, -0.2) is 52.5 Å². The summed E-state index contributed by atoms with van der Waals surface area (Å²) in [6.45, 7) is 3.67. The van der Waals surface area contributed by atoms with Gasteiger partial charge in [-0.1, -0.05) is 30.3 Å². The predicted molar refractivity (Wildman–Crippen MR) is 147 cm³/mol. The zero-order valence-electron chi connectivity index (χ0n) is 20.3. The Hall–Kier alpha value is -3.91. The van der Waals surface area contributed by atoms with E-state index in [1.807, 2.05) is 72.2 Å². The van der Waals surface area contributed by atoms with Crippen LogP contribution in [-0.2, 0) is 0 Å². The third kappa shape index (κ3) is 5.15. The third-order valence-corrected chi connectivity index (χ3v) is 7.29. The van der Waals surface area contributed by atoms with E-state index < -0.39 is 0 Å². The first-order chi connectivity index (χ1) is 17.9. The molecule has 1 aromatic heterocycles. The quantitative estimate of drug-likeness (QED) is 0.316. The van der Waals surface area contributed by atoms with Gasteiger partial charge in [-0.05, 0) is 83.0 Å². The van der Waals surface area contributed by atoms with Crippen LogP contribution in [0.4, 0.5) is 14.9 Å². The number of rotatable bonds is 4. The van der Waals surface area contributed by atoms with E-state index in [4.69, 9.17) is 0 Å². The van der Waals surface area contributed by atoms with E-state index in [0.717, 1.165) is 27.1 Å². The number of amides is 3. The summed E-state index contributed by atoms with van der Waals surface area (Å²) in [4.78, 5) is 29.9. The van der Waals surface area contributed by atoms with E-state index in [1.165, 1.54) is 12.1 Å². The summed E-state index contributed by atoms with van der Waals surface area (Å²) in [5, 5.41) is 2.92. The van der Waals surface area contributed by atoms with Crippen molar-refractivity contribution >= 4 is 33.6 Å². The Labute approximate surface area is 223 Å². The highest BCUT2D eigenvalue weighted by molar-refractivity contribution is 9.10. The molecule has 0 radical (unpaired) electrons. The second-order valence-corrected chi connectivity index (χ2v) is 9.75. The van der Waals surface area contributed by atoms with Crippen LogP contribution in [0.25, 0.3) is 16.9 Å². The lowest BCUT2D eigenvalue weighted by Crippen LogP contribution is -2.51. The second-order valence-electron chi connectivity index (χ2n) is 8.90. The number of urea groups is 1. The van der Waals surface area contributed by atoms with Crippen LogP contribution in [0, 0.1) is 12.7 Å². The van der Waals surface area contributed by atoms with Gasteiger partial charge in [-0.2, -0.15) is 0 Å². The average Bonchev–Trinajstić information content (AvgIpc) is 3.27. The molecular weight excluding hydrogens is 535 g/mol. The number of carbonyl (C=O) groups excluding carboxylic acids is 2. The maximum absolute atomic E-state index is 13.6. The number of hydrogen-bond acceptors (Lipinski definition) is 2. The normalized spacial score (nSPS) is 13.5. The molecule has 1 N–H and O–H groups in total. The largest absolute Gasteiger partial charge is 0.335 e. The van der Waals surface area contributed by atoms with E-state index in [9.17, 15) is 14.0 Å². The Morgan fingerprint density at radius 1 is 0.838 bits per heavy atom. The van der Waals surface area contributed by atoms with E-state index in [1.54, 1.807) is 21.9 Å². The summed E-state index contributed by atoms with van der Waals surface area (Å²) in [6.07, 6.45) is 0. The zero-order valence-corrected chi connectivity index (χ0v) is 21.9. The van der Waals surface area contributed by atoms with Crippen molar-refractivity contribution in [3.8, 4) is 16.9 Å². The minimum Gasteiger partial charge on any atom is -0.335 e. The number of para-hydroxylation sites is 2. The number of nitrogens with zero attached hydrogens (tertiary/aromatic N) is 3. The molecule has 188 valence electrons. The standard InChI is InChI=1S/C29H26BrFN4O2/c1-20-24(19-27(21-11-13-22(31)14-12-21)35(20)23-7-3-2-4-8-23)28(36)33-15-17-34(18-16-33)29(37)32-26-10-6-5-9-25(26)30/h2-14,19H,15-18H2,1H3,(H,32,37). The van der Waals surface area contributed by atoms with Gasteiger partial charge in [0.25, 0.3) is 5.91 Å². The fourth-order valence-electron chi connectivity index (χ4n) is 4.61. The van der Waals surface area contributed by atoms with Crippen LogP contribution >= 0.6 is 15.9 Å². The lowest BCUT2D eigenvalue weighted by Gasteiger charge is -2.34. The highest BCUT2D eigenvalue weighted by Gasteiger charge is 2.28. The molecule has 0 bridgehead atoms. The van der Waals surface area contributed by atoms with Crippen LogP contribution in [0.1, 0.15) is 16.1 Å². The average molecular weight is 561 g/mol. The van der Waals surface area contributed by atoms with Gasteiger partial charge in [-0.15, -0.1) is 0 Å². The Bertz CT molecular complexity index is 1430. The lowest BCUT2D eigenvalue weighted by atomic mass is 10.1. The molecule has 0 saturated carbocycles. The Morgan fingerprint density at radius 3 is 2.14 bits per heavy atom. The molecule has 3 aromatic carbocycles. The highest BCUT2D eigenvalue weighted by atomic mass is 79.9. The Morgan fingerprint density at radius 2 is 1.46 bits per heavy atom. The van der Waals surface area contributed by atoms with E-state index in [-0.39, 0.29) is 17.8 Å². The van der Waals surface area contributed by atoms with Crippen molar-refractivity contribution in [2.45, 2.75) is 6.92 Å². The number of anilines is 1. The number of halogens is 2. The van der Waals surface area contributed by atoms with Gasteiger partial charge in [0.2, 0.25) is 0 Å². The van der Waals surface area contributed by atoms with Crippen LogP contribution < -0.4 is 5.32 Å². The van der Waals surface area contributed by atoms with Crippen molar-refractivity contribution in [1.29, 1.82) is 0 Å². The van der Waals surface area contributed by atoms with E-state index in [0.29, 0.717) is 37.4 Å². The summed E-state index contributed by atoms with van der Waals surface area (Å²) >= 11 is 3.45. The number of aromatic nitrogens is 1. The minimum absolute atomic E-state index is 0.0820. The molecule has 4 aromatic rings. The van der Waals surface area contributed by atoms with Crippen molar-refractivity contribution < 1.29 is 14.0 Å². The fraction of sp³-hybridized carbons (Fsp3) is 0.172.